The molecule has 0 amide bonds. The van der Waals surface area contributed by atoms with Gasteiger partial charge < -0.3 is 14.2 Å². The van der Waals surface area contributed by atoms with Crippen molar-refractivity contribution in [1.82, 2.24) is 19.7 Å². The topological polar surface area (TPSA) is 110 Å². The van der Waals surface area contributed by atoms with Crippen LogP contribution in [0.15, 0.2) is 54.9 Å². The van der Waals surface area contributed by atoms with Gasteiger partial charge in [-0.1, -0.05) is 12.1 Å². The highest BCUT2D eigenvalue weighted by Gasteiger charge is 2.35. The van der Waals surface area contributed by atoms with Crippen LogP contribution in [0.4, 0.5) is 10.1 Å². The smallest absolute Gasteiger partial charge is 0.195 e. The Morgan fingerprint density at radius 3 is 2.35 bits per heavy atom. The summed E-state index contributed by atoms with van der Waals surface area (Å²) >= 11 is 0. The first-order valence-corrected chi connectivity index (χ1v) is 13.9. The van der Waals surface area contributed by atoms with Gasteiger partial charge in [-0.05, 0) is 55.3 Å². The van der Waals surface area contributed by atoms with E-state index in [1.807, 2.05) is 13.0 Å². The molecule has 208 valence electrons. The van der Waals surface area contributed by atoms with Gasteiger partial charge in [-0.25, -0.2) is 17.7 Å². The predicted octanol–water partition coefficient (Wildman–Crippen LogP) is 5.04. The molecule has 2 atom stereocenters. The summed E-state index contributed by atoms with van der Waals surface area (Å²) in [5.41, 5.74) is 2.16. The Labute approximate surface area is 232 Å². The Bertz CT molecular complexity index is 1660. The summed E-state index contributed by atoms with van der Waals surface area (Å²) in [4.78, 5) is 7.61. The van der Waals surface area contributed by atoms with E-state index in [2.05, 4.69) is 20.0 Å². The van der Waals surface area contributed by atoms with E-state index in [1.54, 1.807) is 35.2 Å². The van der Waals surface area contributed by atoms with Gasteiger partial charge in [0.05, 0.1) is 32.1 Å². The molecular formula is C28H28FN5O5S. The predicted molar refractivity (Wildman–Crippen MR) is 147 cm³/mol. The molecule has 0 aliphatic rings. The quantitative estimate of drug-likeness (QED) is 0.246. The summed E-state index contributed by atoms with van der Waals surface area (Å²) in [6.45, 7) is 10.8. The molecule has 12 heteroatoms. The monoisotopic (exact) mass is 565 g/mol. The molecule has 0 saturated heterocycles. The van der Waals surface area contributed by atoms with Crippen LogP contribution < -0.4 is 9.47 Å². The standard InChI is InChI=1S/C28H28FN5O5S/c1-17-12-19(15-31-14-17)28-33-32-25(34(28)26-23(37-4)8-7-9-24(26)38-5)16-40(35,36)18(2)27(39-6)21-11-10-20(29)13-22(21)30-3/h7-15,18,27H,16H2,1-2,4-6H3/t18-,27-/m1/s1. The van der Waals surface area contributed by atoms with Crippen LogP contribution in [0, 0.1) is 19.3 Å². The third-order valence-electron chi connectivity index (χ3n) is 6.49. The van der Waals surface area contributed by atoms with E-state index in [1.165, 1.54) is 40.4 Å². The van der Waals surface area contributed by atoms with Gasteiger partial charge in [-0.15, -0.1) is 10.2 Å². The van der Waals surface area contributed by atoms with Crippen molar-refractivity contribution in [3.05, 3.63) is 89.0 Å². The van der Waals surface area contributed by atoms with E-state index in [0.29, 0.717) is 28.6 Å². The second-order valence-corrected chi connectivity index (χ2v) is 11.4. The van der Waals surface area contributed by atoms with Gasteiger partial charge in [0.1, 0.15) is 28.8 Å². The van der Waals surface area contributed by atoms with Crippen LogP contribution in [0.1, 0.15) is 30.0 Å². The van der Waals surface area contributed by atoms with Crippen molar-refractivity contribution < 1.29 is 27.0 Å². The number of ether oxygens (including phenoxy) is 3. The average molecular weight is 566 g/mol. The first-order valence-electron chi connectivity index (χ1n) is 12.1. The fourth-order valence-electron chi connectivity index (χ4n) is 4.49. The molecule has 0 radical (unpaired) electrons. The molecule has 0 saturated carbocycles. The molecule has 4 aromatic rings. The van der Waals surface area contributed by atoms with Crippen LogP contribution in [0.25, 0.3) is 21.9 Å². The second-order valence-electron chi connectivity index (χ2n) is 9.02. The van der Waals surface area contributed by atoms with Crippen molar-refractivity contribution in [3.8, 4) is 28.6 Å². The summed E-state index contributed by atoms with van der Waals surface area (Å²) in [5.74, 6) is 0.137. The molecular weight excluding hydrogens is 537 g/mol. The molecule has 2 heterocycles. The van der Waals surface area contributed by atoms with E-state index in [9.17, 15) is 12.8 Å². The lowest BCUT2D eigenvalue weighted by molar-refractivity contribution is 0.103. The number of pyridine rings is 1. The normalized spacial score (nSPS) is 12.9. The lowest BCUT2D eigenvalue weighted by Crippen LogP contribution is -2.29. The van der Waals surface area contributed by atoms with Crippen LogP contribution >= 0.6 is 0 Å². The largest absolute Gasteiger partial charge is 0.494 e. The average Bonchev–Trinajstić information content (AvgIpc) is 3.35. The highest BCUT2D eigenvalue weighted by molar-refractivity contribution is 7.91. The number of sulfone groups is 1. The number of aromatic nitrogens is 4. The van der Waals surface area contributed by atoms with Crippen LogP contribution in [0.5, 0.6) is 11.5 Å². The molecule has 0 N–H and O–H groups in total. The maximum absolute atomic E-state index is 13.8. The van der Waals surface area contributed by atoms with Crippen LogP contribution in [-0.4, -0.2) is 54.7 Å². The number of rotatable bonds is 10. The van der Waals surface area contributed by atoms with Crippen LogP contribution in [0.3, 0.4) is 0 Å². The fraction of sp³-hybridized carbons (Fsp3) is 0.286. The zero-order valence-electron chi connectivity index (χ0n) is 22.6. The SMILES string of the molecule is [C-]#[N+]c1cc(F)ccc1[C@H](OC)[C@@H](C)S(=O)(=O)Cc1nnc(-c2cncc(C)c2)n1-c1c(OC)cccc1OC. The van der Waals surface area contributed by atoms with E-state index in [0.717, 1.165) is 11.6 Å². The Kier molecular flexibility index (Phi) is 8.46. The zero-order chi connectivity index (χ0) is 29.0. The lowest BCUT2D eigenvalue weighted by atomic mass is 10.0. The van der Waals surface area contributed by atoms with Crippen LogP contribution in [-0.2, 0) is 20.3 Å². The maximum Gasteiger partial charge on any atom is 0.195 e. The number of methoxy groups -OCH3 is 3. The van der Waals surface area contributed by atoms with Crippen molar-refractivity contribution in [2.45, 2.75) is 31.0 Å². The zero-order valence-corrected chi connectivity index (χ0v) is 23.4. The van der Waals surface area contributed by atoms with Gasteiger partial charge in [0.15, 0.2) is 27.2 Å². The maximum atomic E-state index is 13.8. The fourth-order valence-corrected chi connectivity index (χ4v) is 5.93. The van der Waals surface area contributed by atoms with Gasteiger partial charge in [0.25, 0.3) is 0 Å². The number of nitrogens with zero attached hydrogens (tertiary/aromatic N) is 5. The highest BCUT2D eigenvalue weighted by atomic mass is 32.2. The molecule has 10 nitrogen and oxygen atoms in total. The molecule has 2 aromatic heterocycles. The van der Waals surface area contributed by atoms with Crippen molar-refractivity contribution in [2.24, 2.45) is 0 Å². The first kappa shape index (κ1) is 28.7. The number of para-hydroxylation sites is 1. The van der Waals surface area contributed by atoms with Crippen molar-refractivity contribution in [2.75, 3.05) is 21.3 Å². The molecule has 0 aliphatic heterocycles. The summed E-state index contributed by atoms with van der Waals surface area (Å²) in [6, 6.07) is 10.6. The van der Waals surface area contributed by atoms with Gasteiger partial charge in [0.2, 0.25) is 0 Å². The third kappa shape index (κ3) is 5.52. The molecule has 0 spiro atoms. The van der Waals surface area contributed by atoms with Crippen molar-refractivity contribution >= 4 is 15.5 Å². The number of hydrogen-bond donors (Lipinski definition) is 0. The van der Waals surface area contributed by atoms with Gasteiger partial charge in [-0.3, -0.25) is 9.55 Å². The van der Waals surface area contributed by atoms with Crippen LogP contribution in [0.2, 0.25) is 0 Å². The molecule has 0 unspecified atom stereocenters. The second kappa shape index (κ2) is 11.8. The van der Waals surface area contributed by atoms with Gasteiger partial charge in [-0.2, -0.15) is 0 Å². The van der Waals surface area contributed by atoms with E-state index >= 15 is 0 Å². The Morgan fingerprint density at radius 1 is 1.05 bits per heavy atom. The summed E-state index contributed by atoms with van der Waals surface area (Å²) in [7, 11) is 0.341. The Hall–Kier alpha value is -4.34. The minimum atomic E-state index is -4.00. The number of hydrogen-bond acceptors (Lipinski definition) is 8. The highest BCUT2D eigenvalue weighted by Crippen LogP contribution is 2.38. The summed E-state index contributed by atoms with van der Waals surface area (Å²) < 4.78 is 59.8. The Balaban J connectivity index is 1.86. The van der Waals surface area contributed by atoms with Crippen molar-refractivity contribution in [3.63, 3.8) is 0 Å². The van der Waals surface area contributed by atoms with E-state index in [-0.39, 0.29) is 17.1 Å². The molecule has 2 aromatic carbocycles. The Morgan fingerprint density at radius 2 is 1.75 bits per heavy atom. The minimum Gasteiger partial charge on any atom is -0.494 e. The number of halogens is 1. The first-order chi connectivity index (χ1) is 19.1. The molecule has 0 aliphatic carbocycles. The molecule has 40 heavy (non-hydrogen) atoms. The number of benzene rings is 2. The van der Waals surface area contributed by atoms with Gasteiger partial charge in [0, 0.05) is 25.1 Å². The van der Waals surface area contributed by atoms with E-state index < -0.39 is 32.8 Å². The number of aryl methyl sites for hydroxylation is 1. The van der Waals surface area contributed by atoms with Gasteiger partial charge >= 0.3 is 0 Å². The molecule has 4 rings (SSSR count). The minimum absolute atomic E-state index is 0.0231. The van der Waals surface area contributed by atoms with E-state index in [4.69, 9.17) is 20.8 Å². The lowest BCUT2D eigenvalue weighted by Gasteiger charge is -2.24. The third-order valence-corrected chi connectivity index (χ3v) is 8.53. The summed E-state index contributed by atoms with van der Waals surface area (Å²) in [6.07, 6.45) is 2.27. The molecule has 0 bridgehead atoms. The summed E-state index contributed by atoms with van der Waals surface area (Å²) in [5, 5.41) is 7.49. The van der Waals surface area contributed by atoms with Crippen molar-refractivity contribution in [1.29, 1.82) is 0 Å². The molecule has 0 fully saturated rings.